The highest BCUT2D eigenvalue weighted by atomic mass is 79.9. The van der Waals surface area contributed by atoms with Crippen molar-refractivity contribution in [3.63, 3.8) is 0 Å². The zero-order valence-corrected chi connectivity index (χ0v) is 11.0. The van der Waals surface area contributed by atoms with Crippen LogP contribution >= 0.6 is 15.9 Å². The van der Waals surface area contributed by atoms with Crippen LogP contribution in [0.25, 0.3) is 0 Å². The van der Waals surface area contributed by atoms with Crippen molar-refractivity contribution >= 4 is 27.8 Å². The van der Waals surface area contributed by atoms with Gasteiger partial charge >= 0.3 is 5.97 Å². The summed E-state index contributed by atoms with van der Waals surface area (Å²) in [5.74, 6) is -0.699. The zero-order chi connectivity index (χ0) is 13.0. The topological polar surface area (TPSA) is 78.6 Å². The Morgan fingerprint density at radius 2 is 2.06 bits per heavy atom. The first-order valence-corrected chi connectivity index (χ1v) is 5.59. The van der Waals surface area contributed by atoms with E-state index in [1.807, 2.05) is 0 Å². The van der Waals surface area contributed by atoms with E-state index in [-0.39, 0.29) is 0 Å². The van der Waals surface area contributed by atoms with Gasteiger partial charge in [0.2, 0.25) is 0 Å². The Kier molecular flexibility index (Phi) is 4.51. The Morgan fingerprint density at radius 3 is 2.53 bits per heavy atom. The van der Waals surface area contributed by atoms with E-state index >= 15 is 0 Å². The minimum Gasteiger partial charge on any atom is -0.496 e. The standard InChI is InChI=1S/C11H12BrNO4/c1-6(10(13)14)17-11(15)7-3-4-9(16-2)8(12)5-7/h3-6H,1-2H3,(H2,13,14)/t6-/m1/s1. The van der Waals surface area contributed by atoms with Crippen molar-refractivity contribution in [2.24, 2.45) is 5.73 Å². The van der Waals surface area contributed by atoms with E-state index in [2.05, 4.69) is 15.9 Å². The first-order chi connectivity index (χ1) is 7.95. The summed E-state index contributed by atoms with van der Waals surface area (Å²) in [4.78, 5) is 22.4. The lowest BCUT2D eigenvalue weighted by atomic mass is 10.2. The molecule has 1 amide bonds. The number of hydrogen-bond donors (Lipinski definition) is 1. The molecular formula is C11H12BrNO4. The molecule has 1 rings (SSSR count). The Balaban J connectivity index is 2.83. The van der Waals surface area contributed by atoms with Gasteiger partial charge in [-0.05, 0) is 41.1 Å². The molecule has 0 aliphatic carbocycles. The summed E-state index contributed by atoms with van der Waals surface area (Å²) in [5, 5.41) is 0. The maximum Gasteiger partial charge on any atom is 0.338 e. The van der Waals surface area contributed by atoms with Crippen molar-refractivity contribution in [1.82, 2.24) is 0 Å². The number of halogens is 1. The summed E-state index contributed by atoms with van der Waals surface area (Å²) in [6, 6.07) is 4.71. The lowest BCUT2D eigenvalue weighted by Crippen LogP contribution is -2.30. The molecular weight excluding hydrogens is 290 g/mol. The molecule has 92 valence electrons. The van der Waals surface area contributed by atoms with Crippen molar-refractivity contribution < 1.29 is 19.1 Å². The van der Waals surface area contributed by atoms with Gasteiger partial charge in [-0.2, -0.15) is 0 Å². The predicted molar refractivity (Wildman–Crippen MR) is 64.8 cm³/mol. The Bertz CT molecular complexity index is 447. The van der Waals surface area contributed by atoms with Crippen molar-refractivity contribution in [3.05, 3.63) is 28.2 Å². The number of rotatable bonds is 4. The van der Waals surface area contributed by atoms with Crippen LogP contribution in [-0.4, -0.2) is 25.1 Å². The maximum absolute atomic E-state index is 11.6. The molecule has 0 aliphatic heterocycles. The summed E-state index contributed by atoms with van der Waals surface area (Å²) >= 11 is 3.25. The SMILES string of the molecule is COc1ccc(C(=O)O[C@H](C)C(N)=O)cc1Br. The molecule has 1 aromatic carbocycles. The number of nitrogens with two attached hydrogens (primary N) is 1. The summed E-state index contributed by atoms with van der Waals surface area (Å²) in [6.45, 7) is 1.42. The van der Waals surface area contributed by atoms with Crippen LogP contribution in [0, 0.1) is 0 Å². The normalized spacial score (nSPS) is 11.7. The summed E-state index contributed by atoms with van der Waals surface area (Å²) in [6.07, 6.45) is -0.955. The molecule has 0 unspecified atom stereocenters. The van der Waals surface area contributed by atoms with Crippen molar-refractivity contribution in [2.75, 3.05) is 7.11 Å². The van der Waals surface area contributed by atoms with Crippen LogP contribution in [0.4, 0.5) is 0 Å². The molecule has 2 N–H and O–H groups in total. The number of ether oxygens (including phenoxy) is 2. The molecule has 6 heteroatoms. The quantitative estimate of drug-likeness (QED) is 0.855. The van der Waals surface area contributed by atoms with Crippen LogP contribution in [0.1, 0.15) is 17.3 Å². The van der Waals surface area contributed by atoms with Crippen molar-refractivity contribution in [1.29, 1.82) is 0 Å². The number of carbonyl (C=O) groups excluding carboxylic acids is 2. The molecule has 0 saturated carbocycles. The molecule has 0 saturated heterocycles. The molecule has 0 heterocycles. The molecule has 0 spiro atoms. The Labute approximate surface area is 107 Å². The van der Waals surface area contributed by atoms with Gasteiger partial charge < -0.3 is 15.2 Å². The molecule has 1 aromatic rings. The summed E-state index contributed by atoms with van der Waals surface area (Å²) in [5.41, 5.74) is 5.30. The van der Waals surface area contributed by atoms with Gasteiger partial charge in [0.25, 0.3) is 5.91 Å². The highest BCUT2D eigenvalue weighted by Crippen LogP contribution is 2.25. The zero-order valence-electron chi connectivity index (χ0n) is 9.40. The van der Waals surface area contributed by atoms with Gasteiger partial charge in [-0.1, -0.05) is 0 Å². The van der Waals surface area contributed by atoms with Gasteiger partial charge in [0.15, 0.2) is 6.10 Å². The number of hydrogen-bond acceptors (Lipinski definition) is 4. The largest absolute Gasteiger partial charge is 0.496 e. The third-order valence-corrected chi connectivity index (χ3v) is 2.69. The third-order valence-electron chi connectivity index (χ3n) is 2.07. The minimum absolute atomic E-state index is 0.311. The van der Waals surface area contributed by atoms with E-state index in [0.29, 0.717) is 15.8 Å². The minimum atomic E-state index is -0.955. The molecule has 17 heavy (non-hydrogen) atoms. The lowest BCUT2D eigenvalue weighted by Gasteiger charge is -2.10. The second-order valence-electron chi connectivity index (χ2n) is 3.30. The fraction of sp³-hybridized carbons (Fsp3) is 0.273. The fourth-order valence-corrected chi connectivity index (χ4v) is 1.62. The van der Waals surface area contributed by atoms with Crippen LogP contribution in [0.15, 0.2) is 22.7 Å². The smallest absolute Gasteiger partial charge is 0.338 e. The van der Waals surface area contributed by atoms with E-state index in [4.69, 9.17) is 15.2 Å². The molecule has 0 radical (unpaired) electrons. The number of primary amides is 1. The highest BCUT2D eigenvalue weighted by molar-refractivity contribution is 9.10. The van der Waals surface area contributed by atoms with Gasteiger partial charge in [0.1, 0.15) is 5.75 Å². The molecule has 0 aliphatic rings. The Morgan fingerprint density at radius 1 is 1.41 bits per heavy atom. The number of esters is 1. The molecule has 0 fully saturated rings. The Hall–Kier alpha value is -1.56. The number of carbonyl (C=O) groups is 2. The van der Waals surface area contributed by atoms with E-state index < -0.39 is 18.0 Å². The van der Waals surface area contributed by atoms with Crippen LogP contribution in [-0.2, 0) is 9.53 Å². The van der Waals surface area contributed by atoms with Crippen molar-refractivity contribution in [2.45, 2.75) is 13.0 Å². The summed E-state index contributed by atoms with van der Waals surface area (Å²) in [7, 11) is 1.52. The molecule has 5 nitrogen and oxygen atoms in total. The highest BCUT2D eigenvalue weighted by Gasteiger charge is 2.16. The first-order valence-electron chi connectivity index (χ1n) is 4.79. The summed E-state index contributed by atoms with van der Waals surface area (Å²) < 4.78 is 10.5. The van der Waals surface area contributed by atoms with Crippen LogP contribution in [0.5, 0.6) is 5.75 Å². The van der Waals surface area contributed by atoms with Gasteiger partial charge in [0, 0.05) is 0 Å². The van der Waals surface area contributed by atoms with E-state index in [9.17, 15) is 9.59 Å². The van der Waals surface area contributed by atoms with Crippen molar-refractivity contribution in [3.8, 4) is 5.75 Å². The predicted octanol–water partition coefficient (Wildman–Crippen LogP) is 1.49. The third kappa shape index (κ3) is 3.45. The van der Waals surface area contributed by atoms with E-state index in [0.717, 1.165) is 0 Å². The second kappa shape index (κ2) is 5.67. The molecule has 1 atom stereocenters. The molecule has 0 aromatic heterocycles. The average Bonchev–Trinajstić information content (AvgIpc) is 2.28. The van der Waals surface area contributed by atoms with Crippen LogP contribution < -0.4 is 10.5 Å². The number of amides is 1. The fourth-order valence-electron chi connectivity index (χ4n) is 1.08. The van der Waals surface area contributed by atoms with E-state index in [1.54, 1.807) is 18.2 Å². The number of methoxy groups -OCH3 is 1. The van der Waals surface area contributed by atoms with Crippen LogP contribution in [0.2, 0.25) is 0 Å². The van der Waals surface area contributed by atoms with E-state index in [1.165, 1.54) is 14.0 Å². The lowest BCUT2D eigenvalue weighted by molar-refractivity contribution is -0.125. The van der Waals surface area contributed by atoms with Gasteiger partial charge in [0.05, 0.1) is 17.1 Å². The van der Waals surface area contributed by atoms with Gasteiger partial charge in [-0.25, -0.2) is 4.79 Å². The number of benzene rings is 1. The first kappa shape index (κ1) is 13.5. The van der Waals surface area contributed by atoms with Gasteiger partial charge in [-0.15, -0.1) is 0 Å². The van der Waals surface area contributed by atoms with Gasteiger partial charge in [-0.3, -0.25) is 4.79 Å². The maximum atomic E-state index is 11.6. The average molecular weight is 302 g/mol. The second-order valence-corrected chi connectivity index (χ2v) is 4.15. The van der Waals surface area contributed by atoms with Crippen LogP contribution in [0.3, 0.4) is 0 Å². The monoisotopic (exact) mass is 301 g/mol. The molecule has 0 bridgehead atoms.